The molecule has 0 saturated carbocycles. The molecule has 3 N–H and O–H groups in total. The molecule has 0 bridgehead atoms. The molecule has 0 spiro atoms. The van der Waals surface area contributed by atoms with E-state index in [2.05, 4.69) is 12.2 Å². The van der Waals surface area contributed by atoms with Crippen molar-refractivity contribution in [2.75, 3.05) is 20.1 Å². The van der Waals surface area contributed by atoms with E-state index in [0.29, 0.717) is 5.92 Å². The molecule has 0 aliphatic heterocycles. The van der Waals surface area contributed by atoms with Crippen LogP contribution in [0.15, 0.2) is 0 Å². The largest absolute Gasteiger partial charge is 0.330 e. The second kappa shape index (κ2) is 5.06. The van der Waals surface area contributed by atoms with Crippen LogP contribution in [0.2, 0.25) is 0 Å². The van der Waals surface area contributed by atoms with Gasteiger partial charge in [0.2, 0.25) is 0 Å². The van der Waals surface area contributed by atoms with Gasteiger partial charge in [-0.15, -0.1) is 0 Å². The van der Waals surface area contributed by atoms with Crippen LogP contribution in [0.1, 0.15) is 13.3 Å². The van der Waals surface area contributed by atoms with E-state index < -0.39 is 0 Å². The van der Waals surface area contributed by atoms with E-state index in [1.54, 1.807) is 0 Å². The lowest BCUT2D eigenvalue weighted by Crippen LogP contribution is -2.17. The van der Waals surface area contributed by atoms with Crippen LogP contribution >= 0.6 is 0 Å². The molecule has 0 aromatic carbocycles. The first-order chi connectivity index (χ1) is 3.81. The lowest BCUT2D eigenvalue weighted by atomic mass is 10.1. The van der Waals surface area contributed by atoms with Gasteiger partial charge in [0.25, 0.3) is 0 Å². The second-order valence-corrected chi connectivity index (χ2v) is 2.23. The molecule has 0 aromatic heterocycles. The molecule has 0 amide bonds. The van der Waals surface area contributed by atoms with Crippen molar-refractivity contribution < 1.29 is 0 Å². The van der Waals surface area contributed by atoms with Gasteiger partial charge in [0.05, 0.1) is 0 Å². The Morgan fingerprint density at radius 1 is 1.62 bits per heavy atom. The first-order valence-electron chi connectivity index (χ1n) is 3.16. The van der Waals surface area contributed by atoms with Crippen LogP contribution in [0.3, 0.4) is 0 Å². The van der Waals surface area contributed by atoms with E-state index in [9.17, 15) is 0 Å². The van der Waals surface area contributed by atoms with Gasteiger partial charge in [-0.3, -0.25) is 0 Å². The Bertz CT molecular complexity index is 45.8. The summed E-state index contributed by atoms with van der Waals surface area (Å²) < 4.78 is 0. The van der Waals surface area contributed by atoms with Crippen LogP contribution < -0.4 is 11.1 Å². The lowest BCUT2D eigenvalue weighted by Gasteiger charge is -2.05. The summed E-state index contributed by atoms with van der Waals surface area (Å²) in [5, 5.41) is 3.08. The zero-order valence-corrected chi connectivity index (χ0v) is 5.78. The van der Waals surface area contributed by atoms with Crippen LogP contribution in [-0.4, -0.2) is 20.1 Å². The summed E-state index contributed by atoms with van der Waals surface area (Å²) in [7, 11) is 1.96. The van der Waals surface area contributed by atoms with E-state index in [1.165, 1.54) is 6.42 Å². The minimum Gasteiger partial charge on any atom is -0.330 e. The Balaban J connectivity index is 2.86. The quantitative estimate of drug-likeness (QED) is 0.550. The molecule has 0 aromatic rings. The van der Waals surface area contributed by atoms with E-state index >= 15 is 0 Å². The molecule has 0 rings (SSSR count). The van der Waals surface area contributed by atoms with Crippen molar-refractivity contribution in [3.8, 4) is 0 Å². The van der Waals surface area contributed by atoms with Gasteiger partial charge in [-0.05, 0) is 32.5 Å². The molecule has 2 nitrogen and oxygen atoms in total. The van der Waals surface area contributed by atoms with Gasteiger partial charge in [-0.2, -0.15) is 0 Å². The van der Waals surface area contributed by atoms with Gasteiger partial charge in [-0.25, -0.2) is 0 Å². The molecule has 0 radical (unpaired) electrons. The smallest absolute Gasteiger partial charge is 0.00489 e. The van der Waals surface area contributed by atoms with Crippen molar-refractivity contribution in [2.45, 2.75) is 13.3 Å². The second-order valence-electron chi connectivity index (χ2n) is 2.23. The van der Waals surface area contributed by atoms with Gasteiger partial charge < -0.3 is 11.1 Å². The van der Waals surface area contributed by atoms with Crippen molar-refractivity contribution >= 4 is 0 Å². The first-order valence-corrected chi connectivity index (χ1v) is 3.16. The molecule has 1 atom stereocenters. The predicted octanol–water partition coefficient (Wildman–Crippen LogP) is 0.191. The average molecular weight is 116 g/mol. The third-order valence-corrected chi connectivity index (χ3v) is 1.29. The summed E-state index contributed by atoms with van der Waals surface area (Å²) in [6, 6.07) is 0. The monoisotopic (exact) mass is 116 g/mol. The minimum absolute atomic E-state index is 0.669. The molecular weight excluding hydrogens is 100 g/mol. The SMILES string of the molecule is CNCC[C@@H](C)CN. The highest BCUT2D eigenvalue weighted by molar-refractivity contribution is 4.53. The third-order valence-electron chi connectivity index (χ3n) is 1.29. The number of nitrogens with one attached hydrogen (secondary N) is 1. The van der Waals surface area contributed by atoms with E-state index in [1.807, 2.05) is 7.05 Å². The van der Waals surface area contributed by atoms with Crippen molar-refractivity contribution in [1.82, 2.24) is 5.32 Å². The highest BCUT2D eigenvalue weighted by Crippen LogP contribution is 1.94. The fourth-order valence-corrected chi connectivity index (χ4v) is 0.509. The summed E-state index contributed by atoms with van der Waals surface area (Å²) in [6.07, 6.45) is 1.19. The maximum absolute atomic E-state index is 5.39. The Morgan fingerprint density at radius 3 is 2.62 bits per heavy atom. The van der Waals surface area contributed by atoms with Crippen molar-refractivity contribution in [3.05, 3.63) is 0 Å². The zero-order chi connectivity index (χ0) is 6.41. The van der Waals surface area contributed by atoms with Crippen molar-refractivity contribution in [3.63, 3.8) is 0 Å². The number of hydrogen-bond acceptors (Lipinski definition) is 2. The van der Waals surface area contributed by atoms with E-state index in [0.717, 1.165) is 13.1 Å². The Hall–Kier alpha value is -0.0800. The summed E-state index contributed by atoms with van der Waals surface area (Å²) in [4.78, 5) is 0. The van der Waals surface area contributed by atoms with Gasteiger partial charge in [0, 0.05) is 0 Å². The van der Waals surface area contributed by atoms with Gasteiger partial charge in [0.15, 0.2) is 0 Å². The van der Waals surface area contributed by atoms with E-state index in [-0.39, 0.29) is 0 Å². The third kappa shape index (κ3) is 4.09. The first kappa shape index (κ1) is 7.92. The highest BCUT2D eigenvalue weighted by Gasteiger charge is 1.94. The molecular formula is C6H16N2. The number of hydrogen-bond donors (Lipinski definition) is 2. The molecule has 50 valence electrons. The molecule has 8 heavy (non-hydrogen) atoms. The summed E-state index contributed by atoms with van der Waals surface area (Å²) >= 11 is 0. The molecule has 0 saturated heterocycles. The maximum atomic E-state index is 5.39. The fourth-order valence-electron chi connectivity index (χ4n) is 0.509. The summed E-state index contributed by atoms with van der Waals surface area (Å²) in [5.74, 6) is 0.669. The van der Waals surface area contributed by atoms with Crippen molar-refractivity contribution in [2.24, 2.45) is 11.7 Å². The fraction of sp³-hybridized carbons (Fsp3) is 1.00. The van der Waals surface area contributed by atoms with E-state index in [4.69, 9.17) is 5.73 Å². The Kier molecular flexibility index (Phi) is 5.01. The molecule has 0 unspecified atom stereocenters. The molecule has 0 aliphatic rings. The molecule has 0 aliphatic carbocycles. The Morgan fingerprint density at radius 2 is 2.25 bits per heavy atom. The Labute approximate surface area is 51.5 Å². The lowest BCUT2D eigenvalue weighted by molar-refractivity contribution is 0.527. The van der Waals surface area contributed by atoms with Crippen LogP contribution in [-0.2, 0) is 0 Å². The molecule has 0 heterocycles. The number of rotatable bonds is 4. The van der Waals surface area contributed by atoms with Gasteiger partial charge in [-0.1, -0.05) is 6.92 Å². The van der Waals surface area contributed by atoms with Crippen LogP contribution in [0.5, 0.6) is 0 Å². The highest BCUT2D eigenvalue weighted by atomic mass is 14.8. The average Bonchev–Trinajstić information content (AvgIpc) is 1.83. The summed E-state index contributed by atoms with van der Waals surface area (Å²) in [5.41, 5.74) is 5.39. The molecule has 0 fully saturated rings. The van der Waals surface area contributed by atoms with Crippen LogP contribution in [0, 0.1) is 5.92 Å². The normalized spacial score (nSPS) is 13.9. The van der Waals surface area contributed by atoms with Gasteiger partial charge in [0.1, 0.15) is 0 Å². The number of nitrogens with two attached hydrogens (primary N) is 1. The topological polar surface area (TPSA) is 38.0 Å². The maximum Gasteiger partial charge on any atom is -0.00489 e. The van der Waals surface area contributed by atoms with Gasteiger partial charge >= 0.3 is 0 Å². The van der Waals surface area contributed by atoms with Crippen molar-refractivity contribution in [1.29, 1.82) is 0 Å². The van der Waals surface area contributed by atoms with Crippen LogP contribution in [0.25, 0.3) is 0 Å². The predicted molar refractivity (Wildman–Crippen MR) is 36.8 cm³/mol. The molecule has 2 heteroatoms. The summed E-state index contributed by atoms with van der Waals surface area (Å²) in [6.45, 7) is 4.05. The standard InChI is InChI=1S/C6H16N2/c1-6(5-7)3-4-8-2/h6,8H,3-5,7H2,1-2H3/t6-/m1/s1. The minimum atomic E-state index is 0.669. The van der Waals surface area contributed by atoms with Crippen LogP contribution in [0.4, 0.5) is 0 Å². The zero-order valence-electron chi connectivity index (χ0n) is 5.78.